The Hall–Kier alpha value is -1.62. The number of nitrogens with zero attached hydrogens (tertiary/aromatic N) is 2. The topological polar surface area (TPSA) is 68.3 Å². The van der Waals surface area contributed by atoms with Crippen LogP contribution in [0.4, 0.5) is 0 Å². The molecule has 0 aliphatic rings. The number of fused-ring (bicyclic) bond motifs is 1. The van der Waals surface area contributed by atoms with Gasteiger partial charge >= 0.3 is 5.76 Å². The van der Waals surface area contributed by atoms with Crippen LogP contribution in [0.15, 0.2) is 27.5 Å². The lowest BCUT2D eigenvalue weighted by atomic mass is 10.5. The third kappa shape index (κ3) is 0.835. The second kappa shape index (κ2) is 2.46. The van der Waals surface area contributed by atoms with Gasteiger partial charge in [-0.1, -0.05) is 0 Å². The number of rotatable bonds is 1. The van der Waals surface area contributed by atoms with Crippen LogP contribution in [-0.4, -0.2) is 14.7 Å². The molecule has 0 radical (unpaired) electrons. The predicted octanol–water partition coefficient (Wildman–Crippen LogP) is -0.0607. The standard InChI is InChI=1S/C7H6N2O3/c10-4-9-6-5(12-7(9)11)2-1-3-8-6/h1-3,10H,4H2. The molecule has 0 saturated carbocycles. The van der Waals surface area contributed by atoms with E-state index in [9.17, 15) is 4.79 Å². The Balaban J connectivity index is 2.91. The van der Waals surface area contributed by atoms with Crippen molar-refractivity contribution in [2.75, 3.05) is 0 Å². The summed E-state index contributed by atoms with van der Waals surface area (Å²) in [5, 5.41) is 8.77. The van der Waals surface area contributed by atoms with Gasteiger partial charge in [-0.3, -0.25) is 0 Å². The third-order valence-corrected chi connectivity index (χ3v) is 1.57. The first kappa shape index (κ1) is 7.05. The van der Waals surface area contributed by atoms with E-state index < -0.39 is 12.5 Å². The molecular formula is C7H6N2O3. The second-order valence-electron chi connectivity index (χ2n) is 2.26. The SMILES string of the molecule is O=c1oc2cccnc2n1CO. The van der Waals surface area contributed by atoms with E-state index in [2.05, 4.69) is 4.98 Å². The average molecular weight is 166 g/mol. The molecule has 0 fully saturated rings. The Labute approximate surface area is 66.9 Å². The molecule has 0 aromatic carbocycles. The predicted molar refractivity (Wildman–Crippen MR) is 40.5 cm³/mol. The molecule has 1 N–H and O–H groups in total. The van der Waals surface area contributed by atoms with Gasteiger partial charge < -0.3 is 9.52 Å². The summed E-state index contributed by atoms with van der Waals surface area (Å²) in [6.07, 6.45) is 1.53. The highest BCUT2D eigenvalue weighted by molar-refractivity contribution is 5.67. The van der Waals surface area contributed by atoms with E-state index in [1.165, 1.54) is 6.20 Å². The van der Waals surface area contributed by atoms with Crippen molar-refractivity contribution in [2.45, 2.75) is 6.73 Å². The molecule has 0 spiro atoms. The Morgan fingerprint density at radius 1 is 1.67 bits per heavy atom. The summed E-state index contributed by atoms with van der Waals surface area (Å²) in [6, 6.07) is 3.28. The maximum absolute atomic E-state index is 11.0. The van der Waals surface area contributed by atoms with E-state index >= 15 is 0 Å². The van der Waals surface area contributed by atoms with Gasteiger partial charge in [0.05, 0.1) is 0 Å². The number of aliphatic hydroxyl groups is 1. The lowest BCUT2D eigenvalue weighted by Gasteiger charge is -1.91. The van der Waals surface area contributed by atoms with Gasteiger partial charge in [-0.15, -0.1) is 0 Å². The lowest BCUT2D eigenvalue weighted by Crippen LogP contribution is -2.13. The number of hydrogen-bond acceptors (Lipinski definition) is 4. The van der Waals surface area contributed by atoms with Crippen LogP contribution >= 0.6 is 0 Å². The van der Waals surface area contributed by atoms with Gasteiger partial charge in [0, 0.05) is 6.20 Å². The minimum Gasteiger partial charge on any atom is -0.406 e. The summed E-state index contributed by atoms with van der Waals surface area (Å²) in [4.78, 5) is 14.8. The molecular weight excluding hydrogens is 160 g/mol. The molecule has 5 heteroatoms. The average Bonchev–Trinajstić information content (AvgIpc) is 2.40. The summed E-state index contributed by atoms with van der Waals surface area (Å²) >= 11 is 0. The highest BCUT2D eigenvalue weighted by atomic mass is 16.4. The summed E-state index contributed by atoms with van der Waals surface area (Å²) in [5.74, 6) is -0.591. The molecule has 2 rings (SSSR count). The van der Waals surface area contributed by atoms with Crippen molar-refractivity contribution in [3.05, 3.63) is 28.9 Å². The molecule has 2 aromatic rings. The number of hydrogen-bond donors (Lipinski definition) is 1. The highest BCUT2D eigenvalue weighted by Gasteiger charge is 2.07. The van der Waals surface area contributed by atoms with Crippen molar-refractivity contribution in [2.24, 2.45) is 0 Å². The van der Waals surface area contributed by atoms with E-state index in [1.54, 1.807) is 12.1 Å². The first-order chi connectivity index (χ1) is 5.83. The molecule has 0 atom stereocenters. The minimum atomic E-state index is -0.591. The molecule has 0 amide bonds. The Kier molecular flexibility index (Phi) is 1.44. The molecule has 0 unspecified atom stereocenters. The molecule has 5 nitrogen and oxygen atoms in total. The van der Waals surface area contributed by atoms with Gasteiger partial charge in [0.25, 0.3) is 0 Å². The summed E-state index contributed by atoms with van der Waals surface area (Å²) in [5.41, 5.74) is 0.751. The van der Waals surface area contributed by atoms with Gasteiger partial charge in [0.1, 0.15) is 6.73 Å². The maximum Gasteiger partial charge on any atom is 0.423 e. The van der Waals surface area contributed by atoms with E-state index in [-0.39, 0.29) is 0 Å². The zero-order valence-corrected chi connectivity index (χ0v) is 6.10. The summed E-state index contributed by atoms with van der Waals surface area (Å²) in [6.45, 7) is -0.414. The van der Waals surface area contributed by atoms with Crippen LogP contribution in [0.25, 0.3) is 11.2 Å². The molecule has 62 valence electrons. The van der Waals surface area contributed by atoms with E-state index in [0.29, 0.717) is 11.2 Å². The fraction of sp³-hybridized carbons (Fsp3) is 0.143. The van der Waals surface area contributed by atoms with Crippen molar-refractivity contribution < 1.29 is 9.52 Å². The fourth-order valence-electron chi connectivity index (χ4n) is 1.02. The molecule has 0 saturated heterocycles. The number of oxazole rings is 1. The van der Waals surface area contributed by atoms with Crippen molar-refractivity contribution >= 4 is 11.2 Å². The first-order valence-corrected chi connectivity index (χ1v) is 3.38. The first-order valence-electron chi connectivity index (χ1n) is 3.38. The molecule has 0 aliphatic carbocycles. The molecule has 0 bridgehead atoms. The van der Waals surface area contributed by atoms with Crippen LogP contribution in [-0.2, 0) is 6.73 Å². The van der Waals surface area contributed by atoms with Crippen LogP contribution in [0, 0.1) is 0 Å². The van der Waals surface area contributed by atoms with Crippen molar-refractivity contribution in [3.63, 3.8) is 0 Å². The van der Waals surface area contributed by atoms with Gasteiger partial charge in [-0.2, -0.15) is 0 Å². The fourth-order valence-corrected chi connectivity index (χ4v) is 1.02. The van der Waals surface area contributed by atoms with E-state index in [1.807, 2.05) is 0 Å². The number of pyridine rings is 1. The van der Waals surface area contributed by atoms with Gasteiger partial charge in [0.15, 0.2) is 11.2 Å². The van der Waals surface area contributed by atoms with Crippen molar-refractivity contribution in [3.8, 4) is 0 Å². The summed E-state index contributed by atoms with van der Waals surface area (Å²) < 4.78 is 5.83. The largest absolute Gasteiger partial charge is 0.423 e. The molecule has 2 aromatic heterocycles. The van der Waals surface area contributed by atoms with Gasteiger partial charge in [0.2, 0.25) is 0 Å². The zero-order valence-electron chi connectivity index (χ0n) is 6.10. The smallest absolute Gasteiger partial charge is 0.406 e. The zero-order chi connectivity index (χ0) is 8.55. The maximum atomic E-state index is 11.0. The second-order valence-corrected chi connectivity index (χ2v) is 2.26. The third-order valence-electron chi connectivity index (χ3n) is 1.57. The van der Waals surface area contributed by atoms with Crippen LogP contribution in [0.1, 0.15) is 0 Å². The minimum absolute atomic E-state index is 0.366. The van der Waals surface area contributed by atoms with Crippen LogP contribution in [0.3, 0.4) is 0 Å². The Morgan fingerprint density at radius 2 is 2.50 bits per heavy atom. The lowest BCUT2D eigenvalue weighted by molar-refractivity contribution is 0.204. The van der Waals surface area contributed by atoms with Gasteiger partial charge in [-0.25, -0.2) is 14.3 Å². The monoisotopic (exact) mass is 166 g/mol. The summed E-state index contributed by atoms with van der Waals surface area (Å²) in [7, 11) is 0. The number of aliphatic hydroxyl groups excluding tert-OH is 1. The normalized spacial score (nSPS) is 10.8. The van der Waals surface area contributed by atoms with Crippen molar-refractivity contribution in [1.29, 1.82) is 0 Å². The molecule has 0 aliphatic heterocycles. The molecule has 2 heterocycles. The quantitative estimate of drug-likeness (QED) is 0.644. The Morgan fingerprint density at radius 3 is 3.25 bits per heavy atom. The van der Waals surface area contributed by atoms with Crippen LogP contribution in [0.5, 0.6) is 0 Å². The van der Waals surface area contributed by atoms with Gasteiger partial charge in [-0.05, 0) is 12.1 Å². The van der Waals surface area contributed by atoms with Crippen molar-refractivity contribution in [1.82, 2.24) is 9.55 Å². The highest BCUT2D eigenvalue weighted by Crippen LogP contribution is 2.06. The van der Waals surface area contributed by atoms with Crippen LogP contribution < -0.4 is 5.76 Å². The van der Waals surface area contributed by atoms with E-state index in [0.717, 1.165) is 4.57 Å². The molecule has 12 heavy (non-hydrogen) atoms. The van der Waals surface area contributed by atoms with Crippen LogP contribution in [0.2, 0.25) is 0 Å². The van der Waals surface area contributed by atoms with E-state index in [4.69, 9.17) is 9.52 Å². The number of aromatic nitrogens is 2. The Bertz CT molecular complexity index is 457.